The molecule has 4 rings (SSSR count). The van der Waals surface area contributed by atoms with Gasteiger partial charge in [0.25, 0.3) is 5.91 Å². The molecule has 0 aliphatic carbocycles. The molecule has 0 fully saturated rings. The Morgan fingerprint density at radius 2 is 1.97 bits per heavy atom. The van der Waals surface area contributed by atoms with E-state index in [-0.39, 0.29) is 17.9 Å². The highest BCUT2D eigenvalue weighted by Gasteiger charge is 2.22. The number of anilines is 1. The van der Waals surface area contributed by atoms with Crippen molar-refractivity contribution in [2.24, 2.45) is 5.92 Å². The minimum Gasteiger partial charge on any atom is -0.486 e. The second-order valence-electron chi connectivity index (χ2n) is 7.30. The van der Waals surface area contributed by atoms with Crippen LogP contribution in [0.5, 0.6) is 11.5 Å². The van der Waals surface area contributed by atoms with Crippen LogP contribution >= 0.6 is 0 Å². The Balaban J connectivity index is 1.67. The molecule has 3 heterocycles. The van der Waals surface area contributed by atoms with Gasteiger partial charge in [0, 0.05) is 6.54 Å². The van der Waals surface area contributed by atoms with Gasteiger partial charge in [-0.25, -0.2) is 9.97 Å². The predicted molar refractivity (Wildman–Crippen MR) is 111 cm³/mol. The number of rotatable bonds is 6. The van der Waals surface area contributed by atoms with Gasteiger partial charge in [-0.15, -0.1) is 0 Å². The average molecular weight is 395 g/mol. The first-order valence-electron chi connectivity index (χ1n) is 9.84. The zero-order valence-corrected chi connectivity index (χ0v) is 16.8. The Hall–Kier alpha value is -3.29. The third kappa shape index (κ3) is 3.83. The van der Waals surface area contributed by atoms with Crippen LogP contribution < -0.4 is 20.1 Å². The van der Waals surface area contributed by atoms with Crippen LogP contribution in [0.15, 0.2) is 30.6 Å². The summed E-state index contributed by atoms with van der Waals surface area (Å²) in [6, 6.07) is 7.78. The van der Waals surface area contributed by atoms with Crippen molar-refractivity contribution in [1.29, 1.82) is 0 Å². The summed E-state index contributed by atoms with van der Waals surface area (Å²) in [7, 11) is 0. The molecule has 0 unspecified atom stereocenters. The fraction of sp³-hybridized carbons (Fsp3) is 0.381. The van der Waals surface area contributed by atoms with E-state index in [1.807, 2.05) is 25.1 Å². The molecule has 1 aliphatic heterocycles. The fourth-order valence-corrected chi connectivity index (χ4v) is 3.47. The molecule has 3 aromatic rings. The van der Waals surface area contributed by atoms with E-state index in [0.29, 0.717) is 36.9 Å². The maximum Gasteiger partial charge on any atom is 0.267 e. The van der Waals surface area contributed by atoms with Gasteiger partial charge in [0.1, 0.15) is 36.7 Å². The number of nitrogens with one attached hydrogen (secondary N) is 3. The molecule has 1 atom stereocenters. The van der Waals surface area contributed by atoms with Crippen LogP contribution in [0.3, 0.4) is 0 Å². The number of ether oxygens (including phenoxy) is 2. The van der Waals surface area contributed by atoms with Crippen LogP contribution in [0.2, 0.25) is 0 Å². The van der Waals surface area contributed by atoms with Crippen molar-refractivity contribution in [2.45, 2.75) is 26.8 Å². The highest BCUT2D eigenvalue weighted by molar-refractivity contribution is 5.99. The zero-order valence-electron chi connectivity index (χ0n) is 16.8. The molecule has 1 aromatic carbocycles. The topological polar surface area (TPSA) is 101 Å². The molecule has 152 valence electrons. The zero-order chi connectivity index (χ0) is 20.4. The number of hydrogen-bond donors (Lipinski definition) is 3. The molecule has 0 radical (unpaired) electrons. The highest BCUT2D eigenvalue weighted by atomic mass is 16.6. The Bertz CT molecular complexity index is 1030. The maximum atomic E-state index is 12.2. The molecule has 8 heteroatoms. The largest absolute Gasteiger partial charge is 0.486 e. The lowest BCUT2D eigenvalue weighted by Crippen LogP contribution is -2.22. The number of aromatic amines is 1. The summed E-state index contributed by atoms with van der Waals surface area (Å²) in [4.78, 5) is 23.9. The van der Waals surface area contributed by atoms with E-state index in [2.05, 4.69) is 39.4 Å². The molecule has 0 spiro atoms. The molecule has 29 heavy (non-hydrogen) atoms. The molecule has 2 aromatic heterocycles. The number of nitrogens with zero attached hydrogens (tertiary/aromatic N) is 2. The number of H-pyrrole nitrogens is 1. The first-order chi connectivity index (χ1) is 14.1. The lowest BCUT2D eigenvalue weighted by atomic mass is 9.95. The van der Waals surface area contributed by atoms with E-state index in [4.69, 9.17) is 9.47 Å². The summed E-state index contributed by atoms with van der Waals surface area (Å²) in [6.07, 6.45) is 1.49. The average Bonchev–Trinajstić information content (AvgIpc) is 3.17. The van der Waals surface area contributed by atoms with Crippen LogP contribution in [-0.2, 0) is 0 Å². The van der Waals surface area contributed by atoms with Crippen molar-refractivity contribution in [3.63, 3.8) is 0 Å². The highest BCUT2D eigenvalue weighted by Crippen LogP contribution is 2.36. The molecule has 8 nitrogen and oxygen atoms in total. The monoisotopic (exact) mass is 395 g/mol. The molecular formula is C21H25N5O3. The lowest BCUT2D eigenvalue weighted by molar-refractivity contribution is 0.0951. The standard InChI is InChI=1S/C21H25N5O3/c1-4-22-21(27)15-10-14-19(25-15)23-11-24-20(14)26-18(12(2)3)13-5-6-16-17(9-13)29-8-7-28-16/h5-6,9-12,18H,4,7-8H2,1-3H3,(H,22,27)(H2,23,24,25,26)/t18-/m0/s1. The number of aromatic nitrogens is 3. The Morgan fingerprint density at radius 3 is 2.72 bits per heavy atom. The van der Waals surface area contributed by atoms with Gasteiger partial charge in [-0.05, 0) is 36.6 Å². The minimum atomic E-state index is -0.163. The van der Waals surface area contributed by atoms with Crippen molar-refractivity contribution in [1.82, 2.24) is 20.3 Å². The SMILES string of the molecule is CCNC(=O)c1cc2c(N[C@H](c3ccc4c(c3)OCCO4)C(C)C)ncnc2[nH]1. The van der Waals surface area contributed by atoms with Gasteiger partial charge in [-0.3, -0.25) is 4.79 Å². The van der Waals surface area contributed by atoms with Gasteiger partial charge in [0.15, 0.2) is 11.5 Å². The van der Waals surface area contributed by atoms with Crippen molar-refractivity contribution < 1.29 is 14.3 Å². The summed E-state index contributed by atoms with van der Waals surface area (Å²) in [6.45, 7) is 7.85. The van der Waals surface area contributed by atoms with Crippen LogP contribution in [0.25, 0.3) is 11.0 Å². The minimum absolute atomic E-state index is 0.00764. The quantitative estimate of drug-likeness (QED) is 0.592. The van der Waals surface area contributed by atoms with E-state index in [1.165, 1.54) is 6.33 Å². The maximum absolute atomic E-state index is 12.2. The Morgan fingerprint density at radius 1 is 1.17 bits per heavy atom. The first kappa shape index (κ1) is 19.0. The molecule has 0 saturated heterocycles. The van der Waals surface area contributed by atoms with Gasteiger partial charge >= 0.3 is 0 Å². The molecule has 3 N–H and O–H groups in total. The normalized spacial score (nSPS) is 14.1. The predicted octanol–water partition coefficient (Wildman–Crippen LogP) is 3.29. The number of fused-ring (bicyclic) bond motifs is 2. The van der Waals surface area contributed by atoms with Gasteiger partial charge < -0.3 is 25.1 Å². The van der Waals surface area contributed by atoms with Crippen molar-refractivity contribution in [3.8, 4) is 11.5 Å². The number of hydrogen-bond acceptors (Lipinski definition) is 6. The van der Waals surface area contributed by atoms with Gasteiger partial charge in [-0.1, -0.05) is 19.9 Å². The van der Waals surface area contributed by atoms with E-state index in [1.54, 1.807) is 6.07 Å². The van der Waals surface area contributed by atoms with E-state index in [9.17, 15) is 4.79 Å². The van der Waals surface area contributed by atoms with Crippen molar-refractivity contribution >= 4 is 22.8 Å². The Labute approximate surface area is 169 Å². The van der Waals surface area contributed by atoms with Crippen LogP contribution in [-0.4, -0.2) is 40.6 Å². The first-order valence-corrected chi connectivity index (χ1v) is 9.84. The second kappa shape index (κ2) is 7.98. The third-order valence-corrected chi connectivity index (χ3v) is 4.89. The van der Waals surface area contributed by atoms with E-state index >= 15 is 0 Å². The summed E-state index contributed by atoms with van der Waals surface area (Å²) in [5, 5.41) is 7.10. The molecular weight excluding hydrogens is 370 g/mol. The third-order valence-electron chi connectivity index (χ3n) is 4.89. The number of carbonyl (C=O) groups is 1. The van der Waals surface area contributed by atoms with E-state index in [0.717, 1.165) is 22.4 Å². The Kier molecular flexibility index (Phi) is 5.24. The summed E-state index contributed by atoms with van der Waals surface area (Å²) in [5.74, 6) is 2.32. The molecule has 0 bridgehead atoms. The summed E-state index contributed by atoms with van der Waals surface area (Å²) >= 11 is 0. The van der Waals surface area contributed by atoms with Crippen LogP contribution in [0.4, 0.5) is 5.82 Å². The number of amides is 1. The van der Waals surface area contributed by atoms with Crippen molar-refractivity contribution in [2.75, 3.05) is 25.1 Å². The number of benzene rings is 1. The fourth-order valence-electron chi connectivity index (χ4n) is 3.47. The summed E-state index contributed by atoms with van der Waals surface area (Å²) < 4.78 is 11.4. The lowest BCUT2D eigenvalue weighted by Gasteiger charge is -2.26. The molecule has 0 saturated carbocycles. The smallest absolute Gasteiger partial charge is 0.267 e. The van der Waals surface area contributed by atoms with Crippen LogP contribution in [0, 0.1) is 5.92 Å². The molecule has 1 amide bonds. The van der Waals surface area contributed by atoms with Gasteiger partial charge in [0.2, 0.25) is 0 Å². The van der Waals surface area contributed by atoms with Crippen molar-refractivity contribution in [3.05, 3.63) is 41.9 Å². The van der Waals surface area contributed by atoms with Gasteiger partial charge in [0.05, 0.1) is 11.4 Å². The second-order valence-corrected chi connectivity index (χ2v) is 7.30. The molecule has 1 aliphatic rings. The summed E-state index contributed by atoms with van der Waals surface area (Å²) in [5.41, 5.74) is 2.16. The van der Waals surface area contributed by atoms with Crippen LogP contribution in [0.1, 0.15) is 42.9 Å². The number of carbonyl (C=O) groups excluding carboxylic acids is 1. The van der Waals surface area contributed by atoms with Gasteiger partial charge in [-0.2, -0.15) is 0 Å². The van der Waals surface area contributed by atoms with E-state index < -0.39 is 0 Å².